The molecule has 12 nitrogen and oxygen atoms in total. The number of allylic oxidation sites excluding steroid dienone is 3. The van der Waals surface area contributed by atoms with Gasteiger partial charge in [-0.2, -0.15) is 0 Å². The molecule has 20 rings (SSSR count). The number of fused-ring (bicyclic) bond motifs is 13. The molecular formula is C89H52N12Se6. The number of hydrogen-bond acceptors (Lipinski definition) is 12. The molecule has 7 aromatic heterocycles. The summed E-state index contributed by atoms with van der Waals surface area (Å²) in [6.07, 6.45) is 10.9. The van der Waals surface area contributed by atoms with Crippen molar-refractivity contribution in [2.45, 2.75) is 0 Å². The molecule has 0 atom stereocenters. The van der Waals surface area contributed by atoms with Crippen LogP contribution in [0.4, 0.5) is 47.8 Å². The predicted molar refractivity (Wildman–Crippen MR) is 443 cm³/mol. The molecule has 0 spiro atoms. The van der Waals surface area contributed by atoms with Gasteiger partial charge < -0.3 is 0 Å². The SMILES string of the molecule is N#C/C(=C\c1ccc(N2c3ccccc3[Se]c3ccccc32)[se]1)c1nc2cccnc2c2ccccc12.N#C/C(=C\c1ccc(N2c3ccccc3[Se]c3ccccc32)[se]1)c1ncnc2ccc3ccccc3c12.N#C/C(=C\c1ccc(N2c3ccccc3[Se]c3ccccc32)[se]1)c1ncnc2ccccc12. The number of nitrogens with zero attached hydrogens (tertiary/aromatic N) is 12. The number of pyridine rings is 2. The zero-order valence-electron chi connectivity index (χ0n) is 56.3. The first-order chi connectivity index (χ1) is 52.9. The van der Waals surface area contributed by atoms with Crippen LogP contribution in [0.5, 0.6) is 0 Å². The molecule has 0 saturated carbocycles. The van der Waals surface area contributed by atoms with Crippen LogP contribution in [0.15, 0.2) is 298 Å². The van der Waals surface area contributed by atoms with E-state index in [-0.39, 0.29) is 73.4 Å². The van der Waals surface area contributed by atoms with Crippen LogP contribution in [-0.2, 0) is 0 Å². The van der Waals surface area contributed by atoms with Gasteiger partial charge in [-0.15, -0.1) is 0 Å². The molecule has 0 saturated heterocycles. The maximum absolute atomic E-state index is 10.2. The van der Waals surface area contributed by atoms with Crippen LogP contribution in [0.3, 0.4) is 0 Å². The molecule has 10 heterocycles. The second kappa shape index (κ2) is 29.9. The Bertz CT molecular complexity index is 6320. The zero-order valence-corrected chi connectivity index (χ0v) is 66.6. The van der Waals surface area contributed by atoms with Crippen molar-refractivity contribution < 1.29 is 0 Å². The number of rotatable bonds is 9. The summed E-state index contributed by atoms with van der Waals surface area (Å²) in [7, 11) is 0. The fourth-order valence-corrected chi connectivity index (χ4v) is 26.4. The van der Waals surface area contributed by atoms with Crippen molar-refractivity contribution in [3.05, 3.63) is 328 Å². The van der Waals surface area contributed by atoms with Crippen LogP contribution in [0.2, 0.25) is 0 Å². The maximum atomic E-state index is 10.2. The first-order valence-electron chi connectivity index (χ1n) is 34.0. The Morgan fingerprint density at radius 3 is 1.15 bits per heavy atom. The van der Waals surface area contributed by atoms with Gasteiger partial charge in [0.1, 0.15) is 0 Å². The first kappa shape index (κ1) is 67.5. The van der Waals surface area contributed by atoms with Gasteiger partial charge in [0.2, 0.25) is 0 Å². The summed E-state index contributed by atoms with van der Waals surface area (Å²) in [5, 5.41) is 36.3. The fraction of sp³-hybridized carbons (Fsp3) is 0. The van der Waals surface area contributed by atoms with Crippen molar-refractivity contribution in [2.24, 2.45) is 0 Å². The van der Waals surface area contributed by atoms with Gasteiger partial charge in [0.05, 0.1) is 0 Å². The third-order valence-corrected chi connectivity index (χ3v) is 31.8. The van der Waals surface area contributed by atoms with Crippen molar-refractivity contribution in [3.63, 3.8) is 0 Å². The predicted octanol–water partition coefficient (Wildman–Crippen LogP) is 14.9. The average Bonchev–Trinajstić information content (AvgIpc) is 1.76. The average molecular weight is 1760 g/mol. The van der Waals surface area contributed by atoms with E-state index in [1.807, 2.05) is 91.0 Å². The third-order valence-electron chi connectivity index (χ3n) is 18.3. The second-order valence-corrected chi connectivity index (χ2v) is 38.4. The number of para-hydroxylation sites is 7. The van der Waals surface area contributed by atoms with Crippen molar-refractivity contribution in [2.75, 3.05) is 14.7 Å². The van der Waals surface area contributed by atoms with E-state index in [1.165, 1.54) is 80.9 Å². The van der Waals surface area contributed by atoms with Crippen molar-refractivity contribution in [3.8, 4) is 18.2 Å². The number of anilines is 9. The van der Waals surface area contributed by atoms with Gasteiger partial charge in [0.25, 0.3) is 0 Å². The van der Waals surface area contributed by atoms with Gasteiger partial charge in [0, 0.05) is 0 Å². The van der Waals surface area contributed by atoms with Gasteiger partial charge in [-0.3, -0.25) is 0 Å². The molecule has 0 amide bonds. The Balaban J connectivity index is 0.000000114. The fourth-order valence-electron chi connectivity index (χ4n) is 13.6. The monoisotopic (exact) mass is 1770 g/mol. The number of hydrogen-bond donors (Lipinski definition) is 0. The first-order valence-corrected chi connectivity index (χ1v) is 44.3. The second-order valence-electron chi connectivity index (χ2n) is 24.7. The van der Waals surface area contributed by atoms with E-state index in [1.54, 1.807) is 12.5 Å². The van der Waals surface area contributed by atoms with E-state index in [9.17, 15) is 15.8 Å². The molecule has 504 valence electrons. The zero-order chi connectivity index (χ0) is 71.7. The van der Waals surface area contributed by atoms with Crippen molar-refractivity contribution in [1.29, 1.82) is 15.8 Å². The number of aromatic nitrogens is 6. The molecule has 0 aliphatic carbocycles. The molecule has 3 aliphatic heterocycles. The van der Waals surface area contributed by atoms with Crippen LogP contribution in [0, 0.1) is 34.0 Å². The molecule has 107 heavy (non-hydrogen) atoms. The van der Waals surface area contributed by atoms with Crippen LogP contribution in [0.25, 0.3) is 89.3 Å². The molecule has 18 heteroatoms. The van der Waals surface area contributed by atoms with Gasteiger partial charge in [0.15, 0.2) is 0 Å². The van der Waals surface area contributed by atoms with E-state index >= 15 is 0 Å². The van der Waals surface area contributed by atoms with Crippen LogP contribution in [0.1, 0.15) is 30.4 Å². The van der Waals surface area contributed by atoms with E-state index in [2.05, 4.69) is 264 Å². The molecule has 3 aliphatic rings. The summed E-state index contributed by atoms with van der Waals surface area (Å²) in [6.45, 7) is 0. The molecule has 0 unspecified atom stereocenters. The summed E-state index contributed by atoms with van der Waals surface area (Å²) in [4.78, 5) is 34.5. The Hall–Kier alpha value is -11.4. The Morgan fingerprint density at radius 2 is 0.673 bits per heavy atom. The molecule has 17 aromatic rings. The molecule has 10 aromatic carbocycles. The summed E-state index contributed by atoms with van der Waals surface area (Å²) < 4.78 is 15.6. The molecule has 0 N–H and O–H groups in total. The van der Waals surface area contributed by atoms with E-state index in [0.29, 0.717) is 48.8 Å². The van der Waals surface area contributed by atoms with Gasteiger partial charge in [-0.1, -0.05) is 0 Å². The van der Waals surface area contributed by atoms with Crippen LogP contribution < -0.4 is 41.5 Å². The van der Waals surface area contributed by atoms with Crippen molar-refractivity contribution in [1.82, 2.24) is 29.9 Å². The molecule has 0 bridgehead atoms. The minimum absolute atomic E-state index is 0.0393. The summed E-state index contributed by atoms with van der Waals surface area (Å²) in [6, 6.07) is 105. The van der Waals surface area contributed by atoms with Gasteiger partial charge >= 0.3 is 659 Å². The van der Waals surface area contributed by atoms with E-state index < -0.39 is 0 Å². The summed E-state index contributed by atoms with van der Waals surface area (Å²) in [5.74, 6) is 0. The Labute approximate surface area is 653 Å². The Kier molecular flexibility index (Phi) is 18.8. The van der Waals surface area contributed by atoms with Crippen molar-refractivity contribution >= 4 is 252 Å². The Morgan fingerprint density at radius 1 is 0.299 bits per heavy atom. The summed E-state index contributed by atoms with van der Waals surface area (Å²) >= 11 is 1.02. The number of nitriles is 3. The van der Waals surface area contributed by atoms with E-state index in [4.69, 9.17) is 4.98 Å². The third kappa shape index (κ3) is 13.1. The molecule has 0 fully saturated rings. The van der Waals surface area contributed by atoms with Crippen LogP contribution >= 0.6 is 0 Å². The number of benzene rings is 10. The minimum atomic E-state index is 0.0393. The standard InChI is InChI=1S/2C31H18N4Se2.C27H16N4Se2/c32-19-20(30-22-8-1-2-9-23(22)31-24(34-30)10-7-17-33-31)18-21-15-16-29(36-21)35-25-11-3-5-13-27(25)37-28-14-6-4-12-26(28)35;32-18-21(31-30-23-8-2-1-7-20(23)13-15-24(30)33-19-34-31)17-22-14-16-29(36-22)35-25-9-3-5-11-27(25)37-28-12-6-4-10-26(28)35;28-16-18(27-20-7-1-2-8-21(20)29-17-30-27)15-19-13-14-26(32-19)31-22-9-3-5-11-24(22)33-25-12-6-4-10-23(25)31/h1-18H;1-17,19H;1-15,17H/b20-18+;21-17+;18-15+. The topological polar surface area (TPSA) is 158 Å². The van der Waals surface area contributed by atoms with Gasteiger partial charge in [-0.05, 0) is 0 Å². The van der Waals surface area contributed by atoms with Gasteiger partial charge in [-0.25, -0.2) is 0 Å². The van der Waals surface area contributed by atoms with E-state index in [0.717, 1.165) is 67.7 Å². The summed E-state index contributed by atoms with van der Waals surface area (Å²) in [5.41, 5.74) is 14.7. The quantitative estimate of drug-likeness (QED) is 0.0766. The molecular weight excluding hydrogens is 1710 g/mol. The van der Waals surface area contributed by atoms with Crippen LogP contribution in [-0.4, -0.2) is 118 Å². The molecule has 0 radical (unpaired) electrons. The normalized spacial score (nSPS) is 12.8.